The van der Waals surface area contributed by atoms with Crippen LogP contribution in [0.4, 0.5) is 4.39 Å². The predicted molar refractivity (Wildman–Crippen MR) is 130 cm³/mol. The van der Waals surface area contributed by atoms with Crippen LogP contribution in [0.25, 0.3) is 0 Å². The van der Waals surface area contributed by atoms with E-state index in [-0.39, 0.29) is 22.9 Å². The molecule has 3 aromatic rings. The first-order valence-electron chi connectivity index (χ1n) is 11.0. The van der Waals surface area contributed by atoms with Gasteiger partial charge in [0.2, 0.25) is 0 Å². The fourth-order valence-corrected chi connectivity index (χ4v) is 10.5. The zero-order valence-corrected chi connectivity index (χ0v) is 21.2. The van der Waals surface area contributed by atoms with Crippen LogP contribution < -0.4 is 0 Å². The third kappa shape index (κ3) is 7.07. The van der Waals surface area contributed by atoms with E-state index >= 15 is 0 Å². The molecule has 2 nitrogen and oxygen atoms in total. The van der Waals surface area contributed by atoms with E-state index in [0.717, 1.165) is 10.8 Å². The molecule has 0 N–H and O–H groups in total. The molecule has 32 heavy (non-hydrogen) atoms. The third-order valence-corrected chi connectivity index (χ3v) is 12.3. The Balaban J connectivity index is 2.03. The number of hydrogen-bond acceptors (Lipinski definition) is 2. The summed E-state index contributed by atoms with van der Waals surface area (Å²) < 4.78 is 20.2. The minimum absolute atomic E-state index is 0.0385. The van der Waals surface area contributed by atoms with Crippen molar-refractivity contribution in [2.45, 2.75) is 54.3 Å². The first kappa shape index (κ1) is 24.3. The number of carbonyl (C=O) groups excluding carboxylic acids is 1. The second kappa shape index (κ2) is 11.0. The molecule has 0 fully saturated rings. The van der Waals surface area contributed by atoms with Crippen LogP contribution in [0.5, 0.6) is 0 Å². The predicted octanol–water partition coefficient (Wildman–Crippen LogP) is 6.80. The van der Waals surface area contributed by atoms with Gasteiger partial charge in [0.15, 0.2) is 0 Å². The minimum atomic E-state index is -1.83. The number of hydrogen-bond donors (Lipinski definition) is 0. The molecule has 0 bridgehead atoms. The zero-order chi connectivity index (χ0) is 23.1. The van der Waals surface area contributed by atoms with Crippen LogP contribution in [-0.4, -0.2) is 26.2 Å². The van der Waals surface area contributed by atoms with Gasteiger partial charge in [0, 0.05) is 0 Å². The molecule has 3 atom stereocenters. The van der Waals surface area contributed by atoms with Gasteiger partial charge in [0.05, 0.1) is 0 Å². The molecule has 0 saturated heterocycles. The Hall–Kier alpha value is -2.38. The molecule has 0 aliphatic heterocycles. The maximum atomic E-state index is 14.3. The third-order valence-electron chi connectivity index (χ3n) is 5.40. The first-order valence-corrected chi connectivity index (χ1v) is 14.5. The number of carbonyl (C=O) groups is 1. The number of esters is 1. The molecule has 0 spiro atoms. The molecule has 0 aliphatic carbocycles. The van der Waals surface area contributed by atoms with Crippen molar-refractivity contribution < 1.29 is 13.9 Å². The fourth-order valence-electron chi connectivity index (χ4n) is 3.92. The van der Waals surface area contributed by atoms with Gasteiger partial charge >= 0.3 is 196 Å². The summed E-state index contributed by atoms with van der Waals surface area (Å²) in [6, 6.07) is 27.7. The number of rotatable bonds is 8. The number of benzene rings is 3. The van der Waals surface area contributed by atoms with E-state index in [1.165, 1.54) is 17.2 Å². The van der Waals surface area contributed by atoms with Gasteiger partial charge in [-0.05, 0) is 0 Å². The van der Waals surface area contributed by atoms with Crippen LogP contribution in [0.3, 0.4) is 0 Å². The van der Waals surface area contributed by atoms with Crippen molar-refractivity contribution in [2.24, 2.45) is 0 Å². The van der Waals surface area contributed by atoms with Gasteiger partial charge in [-0.1, -0.05) is 0 Å². The number of ether oxygens (including phenoxy) is 1. The van der Waals surface area contributed by atoms with Gasteiger partial charge in [-0.3, -0.25) is 0 Å². The van der Waals surface area contributed by atoms with Gasteiger partial charge in [-0.15, -0.1) is 0 Å². The summed E-state index contributed by atoms with van der Waals surface area (Å²) in [5, 5.41) is 0.924. The quantitative estimate of drug-likeness (QED) is 0.254. The molecule has 0 heterocycles. The molecular weight excluding hydrogens is 462 g/mol. The Morgan fingerprint density at radius 1 is 0.906 bits per heavy atom. The van der Waals surface area contributed by atoms with Crippen LogP contribution in [0.15, 0.2) is 84.9 Å². The molecular formula is C28H32AsFO2. The van der Waals surface area contributed by atoms with E-state index in [0.29, 0.717) is 4.71 Å². The Morgan fingerprint density at radius 2 is 1.50 bits per heavy atom. The molecule has 168 valence electrons. The molecule has 0 aromatic heterocycles. The summed E-state index contributed by atoms with van der Waals surface area (Å²) in [6.07, 6.45) is 0.269. The number of halogens is 1. The van der Waals surface area contributed by atoms with E-state index in [4.69, 9.17) is 4.74 Å². The Morgan fingerprint density at radius 3 is 2.09 bits per heavy atom. The monoisotopic (exact) mass is 494 g/mol. The van der Waals surface area contributed by atoms with Gasteiger partial charge in [-0.25, -0.2) is 0 Å². The second-order valence-electron chi connectivity index (χ2n) is 9.11. The average Bonchev–Trinajstić information content (AvgIpc) is 2.76. The molecule has 0 radical (unpaired) electrons. The molecule has 3 aromatic carbocycles. The van der Waals surface area contributed by atoms with Gasteiger partial charge in [0.1, 0.15) is 0 Å². The van der Waals surface area contributed by atoms with Crippen LogP contribution in [-0.2, 0) is 14.7 Å². The van der Waals surface area contributed by atoms with E-state index in [9.17, 15) is 9.18 Å². The second-order valence-corrected chi connectivity index (χ2v) is 14.9. The Bertz CT molecular complexity index is 999. The summed E-state index contributed by atoms with van der Waals surface area (Å²) in [6.45, 7) is 7.91. The van der Waals surface area contributed by atoms with E-state index in [1.54, 1.807) is 12.1 Å². The SMILES string of the molecule is C[C@H](c1ccccc1)[As](Cc1ccccc1)[C@@H](CC(=O)OC(C)(C)C)c1cccc(F)c1. The van der Waals surface area contributed by atoms with Crippen LogP contribution >= 0.6 is 0 Å². The van der Waals surface area contributed by atoms with Gasteiger partial charge in [0.25, 0.3) is 0 Å². The van der Waals surface area contributed by atoms with Crippen molar-refractivity contribution in [1.82, 2.24) is 0 Å². The summed E-state index contributed by atoms with van der Waals surface area (Å²) >= 11 is -1.83. The van der Waals surface area contributed by atoms with Crippen molar-refractivity contribution in [3.63, 3.8) is 0 Å². The van der Waals surface area contributed by atoms with Crippen molar-refractivity contribution in [1.29, 1.82) is 0 Å². The van der Waals surface area contributed by atoms with Crippen LogP contribution in [0.1, 0.15) is 60.2 Å². The summed E-state index contributed by atoms with van der Waals surface area (Å²) in [5.41, 5.74) is 2.88. The van der Waals surface area contributed by atoms with Gasteiger partial charge < -0.3 is 0 Å². The zero-order valence-electron chi connectivity index (χ0n) is 19.3. The molecule has 0 saturated carbocycles. The summed E-state index contributed by atoms with van der Waals surface area (Å²) in [4.78, 5) is 13.0. The fraction of sp³-hybridized carbons (Fsp3) is 0.321. The van der Waals surface area contributed by atoms with Crippen molar-refractivity contribution in [3.8, 4) is 0 Å². The Kier molecular flexibility index (Phi) is 8.31. The van der Waals surface area contributed by atoms with Crippen molar-refractivity contribution in [2.75, 3.05) is 0 Å². The first-order chi connectivity index (χ1) is 15.2. The van der Waals surface area contributed by atoms with Gasteiger partial charge in [-0.2, -0.15) is 0 Å². The molecule has 4 heteroatoms. The van der Waals surface area contributed by atoms with Crippen molar-refractivity contribution >= 4 is 20.6 Å². The van der Waals surface area contributed by atoms with E-state index in [2.05, 4.69) is 55.5 Å². The average molecular weight is 494 g/mol. The Labute approximate surface area is 196 Å². The standard InChI is InChI=1S/C28H32AsFO2/c1-21(23-14-9-6-10-15-23)29(20-22-12-7-5-8-13-22)26(19-27(31)32-28(2,3)4)24-16-11-17-25(30)18-24/h5-18,21,26H,19-20H2,1-4H3/t21-,26+,29?/m1/s1. The molecule has 3 rings (SSSR count). The molecule has 1 unspecified atom stereocenters. The summed E-state index contributed by atoms with van der Waals surface area (Å²) in [7, 11) is 0. The van der Waals surface area contributed by atoms with Crippen LogP contribution in [0.2, 0.25) is 0 Å². The topological polar surface area (TPSA) is 26.3 Å². The van der Waals surface area contributed by atoms with E-state index in [1.807, 2.05) is 39.0 Å². The summed E-state index contributed by atoms with van der Waals surface area (Å²) in [5.74, 6) is -0.489. The molecule has 0 amide bonds. The van der Waals surface area contributed by atoms with Crippen molar-refractivity contribution in [3.05, 3.63) is 107 Å². The molecule has 0 aliphatic rings. The van der Waals surface area contributed by atoms with Crippen LogP contribution in [0, 0.1) is 5.82 Å². The van der Waals surface area contributed by atoms with E-state index < -0.39 is 20.3 Å². The normalized spacial score (nSPS) is 14.4. The maximum absolute atomic E-state index is 14.3.